The molecule has 0 aromatic heterocycles. The van der Waals surface area contributed by atoms with Gasteiger partial charge in [-0.05, 0) is 6.42 Å². The predicted molar refractivity (Wildman–Crippen MR) is 41.0 cm³/mol. The number of likely N-dealkylation sites (N-methyl/N-ethyl adjacent to an activating group) is 1. The Balaban J connectivity index is 2.35. The molecule has 0 aromatic carbocycles. The van der Waals surface area contributed by atoms with Gasteiger partial charge in [-0.1, -0.05) is 0 Å². The van der Waals surface area contributed by atoms with Crippen LogP contribution in [-0.2, 0) is 4.84 Å². The molecule has 1 saturated heterocycles. The minimum atomic E-state index is -0.949. The van der Waals surface area contributed by atoms with Gasteiger partial charge in [-0.25, -0.2) is 10.6 Å². The molecule has 0 spiro atoms. The topological polar surface area (TPSA) is 79.0 Å². The molecule has 1 rings (SSSR count). The van der Waals surface area contributed by atoms with Crippen LogP contribution in [0.15, 0.2) is 0 Å². The summed E-state index contributed by atoms with van der Waals surface area (Å²) in [5.41, 5.74) is 0. The van der Waals surface area contributed by atoms with E-state index in [1.165, 1.54) is 17.1 Å². The maximum atomic E-state index is 10.4. The van der Waals surface area contributed by atoms with Gasteiger partial charge >= 0.3 is 6.09 Å². The fourth-order valence-corrected chi connectivity index (χ4v) is 1.09. The summed E-state index contributed by atoms with van der Waals surface area (Å²) in [5, 5.41) is 9.78. The fraction of sp³-hybridized carbons (Fsp3) is 0.833. The molecule has 70 valence electrons. The standard InChI is InChI=1S/C6H13N3O3/c1-8(6(10)11)4-5-2-3-12-9(5)7/h5H,2-4,7H2,1H3,(H,10,11). The molecule has 12 heavy (non-hydrogen) atoms. The predicted octanol–water partition coefficient (Wildman–Crippen LogP) is -0.524. The molecule has 1 unspecified atom stereocenters. The molecular formula is C6H13N3O3. The first kappa shape index (κ1) is 9.24. The maximum Gasteiger partial charge on any atom is 0.407 e. The summed E-state index contributed by atoms with van der Waals surface area (Å²) >= 11 is 0. The van der Waals surface area contributed by atoms with E-state index in [0.717, 1.165) is 6.42 Å². The van der Waals surface area contributed by atoms with Crippen LogP contribution in [0.4, 0.5) is 4.79 Å². The molecule has 1 amide bonds. The lowest BCUT2D eigenvalue weighted by Crippen LogP contribution is -2.43. The van der Waals surface area contributed by atoms with Gasteiger partial charge in [-0.2, -0.15) is 0 Å². The third-order valence-corrected chi connectivity index (χ3v) is 1.86. The smallest absolute Gasteiger partial charge is 0.407 e. The second kappa shape index (κ2) is 3.70. The van der Waals surface area contributed by atoms with Crippen molar-refractivity contribution in [3.8, 4) is 0 Å². The number of amides is 1. The molecule has 0 bridgehead atoms. The number of hydrazine groups is 1. The molecule has 1 atom stereocenters. The Bertz CT molecular complexity index is 175. The first-order valence-electron chi connectivity index (χ1n) is 3.72. The van der Waals surface area contributed by atoms with Gasteiger partial charge in [0.25, 0.3) is 0 Å². The third kappa shape index (κ3) is 2.07. The van der Waals surface area contributed by atoms with Crippen LogP contribution in [0.25, 0.3) is 0 Å². The second-order valence-electron chi connectivity index (χ2n) is 2.80. The molecule has 0 aliphatic carbocycles. The first-order valence-corrected chi connectivity index (χ1v) is 3.72. The second-order valence-corrected chi connectivity index (χ2v) is 2.80. The van der Waals surface area contributed by atoms with Crippen molar-refractivity contribution in [2.24, 2.45) is 5.84 Å². The van der Waals surface area contributed by atoms with Crippen LogP contribution in [-0.4, -0.2) is 47.5 Å². The van der Waals surface area contributed by atoms with E-state index in [-0.39, 0.29) is 6.04 Å². The number of carbonyl (C=O) groups is 1. The Morgan fingerprint density at radius 3 is 3.00 bits per heavy atom. The van der Waals surface area contributed by atoms with E-state index in [9.17, 15) is 4.79 Å². The lowest BCUT2D eigenvalue weighted by atomic mass is 10.2. The van der Waals surface area contributed by atoms with Crippen molar-refractivity contribution in [1.82, 2.24) is 10.1 Å². The van der Waals surface area contributed by atoms with E-state index in [2.05, 4.69) is 0 Å². The van der Waals surface area contributed by atoms with E-state index in [1.807, 2.05) is 0 Å². The maximum absolute atomic E-state index is 10.4. The molecular weight excluding hydrogens is 162 g/mol. The summed E-state index contributed by atoms with van der Waals surface area (Å²) in [6, 6.07) is -0.0221. The number of nitrogens with two attached hydrogens (primary N) is 1. The largest absolute Gasteiger partial charge is 0.465 e. The molecule has 6 heteroatoms. The Labute approximate surface area is 70.4 Å². The van der Waals surface area contributed by atoms with Crippen molar-refractivity contribution >= 4 is 6.09 Å². The van der Waals surface area contributed by atoms with Crippen LogP contribution in [0.1, 0.15) is 6.42 Å². The number of nitrogens with zero attached hydrogens (tertiary/aromatic N) is 2. The minimum Gasteiger partial charge on any atom is -0.465 e. The molecule has 1 aliphatic heterocycles. The summed E-state index contributed by atoms with van der Waals surface area (Å²) in [4.78, 5) is 16.6. The molecule has 0 radical (unpaired) electrons. The van der Waals surface area contributed by atoms with Crippen LogP contribution in [0.2, 0.25) is 0 Å². The van der Waals surface area contributed by atoms with Crippen molar-refractivity contribution in [2.45, 2.75) is 12.5 Å². The van der Waals surface area contributed by atoms with Crippen molar-refractivity contribution in [1.29, 1.82) is 0 Å². The lowest BCUT2D eigenvalue weighted by molar-refractivity contribution is -0.136. The van der Waals surface area contributed by atoms with E-state index in [4.69, 9.17) is 15.8 Å². The fourth-order valence-electron chi connectivity index (χ4n) is 1.09. The van der Waals surface area contributed by atoms with Gasteiger partial charge in [0, 0.05) is 13.6 Å². The van der Waals surface area contributed by atoms with Gasteiger partial charge < -0.3 is 10.0 Å². The number of hydrogen-bond acceptors (Lipinski definition) is 4. The number of hydrogen-bond donors (Lipinski definition) is 2. The van der Waals surface area contributed by atoms with Gasteiger partial charge in [0.05, 0.1) is 12.6 Å². The van der Waals surface area contributed by atoms with Crippen molar-refractivity contribution in [3.05, 3.63) is 0 Å². The Hall–Kier alpha value is -0.850. The lowest BCUT2D eigenvalue weighted by Gasteiger charge is -2.21. The van der Waals surface area contributed by atoms with Crippen molar-refractivity contribution in [2.75, 3.05) is 20.2 Å². The molecule has 0 aromatic rings. The molecule has 1 heterocycles. The van der Waals surface area contributed by atoms with E-state index >= 15 is 0 Å². The summed E-state index contributed by atoms with van der Waals surface area (Å²) in [6.45, 7) is 0.945. The van der Waals surface area contributed by atoms with Crippen LogP contribution in [0.5, 0.6) is 0 Å². The van der Waals surface area contributed by atoms with E-state index in [1.54, 1.807) is 0 Å². The quantitative estimate of drug-likeness (QED) is 0.552. The van der Waals surface area contributed by atoms with E-state index in [0.29, 0.717) is 13.2 Å². The summed E-state index contributed by atoms with van der Waals surface area (Å²) in [7, 11) is 1.51. The molecule has 3 N–H and O–H groups in total. The zero-order chi connectivity index (χ0) is 9.14. The number of rotatable bonds is 2. The summed E-state index contributed by atoms with van der Waals surface area (Å²) in [6.07, 6.45) is -0.177. The van der Waals surface area contributed by atoms with Gasteiger partial charge in [-0.3, -0.25) is 4.84 Å². The highest BCUT2D eigenvalue weighted by molar-refractivity contribution is 5.64. The summed E-state index contributed by atoms with van der Waals surface area (Å²) in [5.74, 6) is 5.42. The van der Waals surface area contributed by atoms with Crippen molar-refractivity contribution in [3.63, 3.8) is 0 Å². The molecule has 0 saturated carbocycles. The molecule has 1 aliphatic rings. The van der Waals surface area contributed by atoms with Crippen molar-refractivity contribution < 1.29 is 14.7 Å². The zero-order valence-corrected chi connectivity index (χ0v) is 6.93. The van der Waals surface area contributed by atoms with Gasteiger partial charge in [0.2, 0.25) is 0 Å². The van der Waals surface area contributed by atoms with Gasteiger partial charge in [-0.15, -0.1) is 5.17 Å². The Morgan fingerprint density at radius 2 is 2.58 bits per heavy atom. The minimum absolute atomic E-state index is 0.0221. The van der Waals surface area contributed by atoms with Crippen LogP contribution in [0, 0.1) is 0 Å². The van der Waals surface area contributed by atoms with Crippen LogP contribution < -0.4 is 5.84 Å². The Kier molecular flexibility index (Phi) is 2.85. The Morgan fingerprint density at radius 1 is 1.92 bits per heavy atom. The molecule has 1 fully saturated rings. The number of hydroxylamine groups is 1. The third-order valence-electron chi connectivity index (χ3n) is 1.86. The summed E-state index contributed by atoms with van der Waals surface area (Å²) < 4.78 is 0. The average molecular weight is 175 g/mol. The van der Waals surface area contributed by atoms with Crippen LogP contribution in [0.3, 0.4) is 0 Å². The highest BCUT2D eigenvalue weighted by Gasteiger charge is 2.25. The highest BCUT2D eigenvalue weighted by atomic mass is 16.7. The van der Waals surface area contributed by atoms with Gasteiger partial charge in [0.15, 0.2) is 0 Å². The van der Waals surface area contributed by atoms with E-state index < -0.39 is 6.09 Å². The first-order chi connectivity index (χ1) is 5.61. The highest BCUT2D eigenvalue weighted by Crippen LogP contribution is 2.10. The average Bonchev–Trinajstić information content (AvgIpc) is 2.36. The SMILES string of the molecule is CN(CC1CCON1N)C(=O)O. The monoisotopic (exact) mass is 175 g/mol. The zero-order valence-electron chi connectivity index (χ0n) is 6.93. The number of carboxylic acid groups (broad SMARTS) is 1. The molecule has 6 nitrogen and oxygen atoms in total. The van der Waals surface area contributed by atoms with Crippen LogP contribution >= 0.6 is 0 Å². The normalized spacial score (nSPS) is 24.3. The van der Waals surface area contributed by atoms with Gasteiger partial charge in [0.1, 0.15) is 0 Å².